The molecule has 0 bridgehead atoms. The van der Waals surface area contributed by atoms with Gasteiger partial charge in [0.2, 0.25) is 3.79 Å². The number of piperidine rings is 1. The predicted molar refractivity (Wildman–Crippen MR) is 95.3 cm³/mol. The van der Waals surface area contributed by atoms with Gasteiger partial charge in [0.15, 0.2) is 0 Å². The first-order valence-electron chi connectivity index (χ1n) is 7.76. The zero-order valence-electron chi connectivity index (χ0n) is 13.2. The van der Waals surface area contributed by atoms with Crippen molar-refractivity contribution in [3.63, 3.8) is 0 Å². The van der Waals surface area contributed by atoms with E-state index in [0.717, 1.165) is 31.5 Å². The minimum absolute atomic E-state index is 0.242. The van der Waals surface area contributed by atoms with Crippen LogP contribution in [0.5, 0.6) is 0 Å². The summed E-state index contributed by atoms with van der Waals surface area (Å²) in [6.07, 6.45) is 1.74. The molecule has 2 rings (SSSR count). The maximum Gasteiger partial charge on any atom is 0.307 e. The summed E-state index contributed by atoms with van der Waals surface area (Å²) in [5.74, 6) is -0.387. The molecule has 1 heterocycles. The molecule has 1 fully saturated rings. The molecule has 0 unspecified atom stereocenters. The van der Waals surface area contributed by atoms with Gasteiger partial charge in [-0.05, 0) is 31.5 Å². The van der Waals surface area contributed by atoms with Gasteiger partial charge in [0.25, 0.3) is 0 Å². The molecule has 0 aliphatic carbocycles. The first-order valence-corrected chi connectivity index (χ1v) is 8.89. The van der Waals surface area contributed by atoms with E-state index >= 15 is 0 Å². The van der Waals surface area contributed by atoms with E-state index in [2.05, 4.69) is 11.0 Å². The summed E-state index contributed by atoms with van der Waals surface area (Å²) in [4.78, 5) is 13.8. The van der Waals surface area contributed by atoms with Crippen molar-refractivity contribution < 1.29 is 9.53 Å². The molecule has 1 aromatic rings. The molecular weight excluding hydrogens is 371 g/mol. The second kappa shape index (κ2) is 8.40. The number of nitrogens with zero attached hydrogens (tertiary/aromatic N) is 2. The Balaban J connectivity index is 1.80. The number of likely N-dealkylation sites (tertiary alicyclic amines) is 1. The van der Waals surface area contributed by atoms with Gasteiger partial charge in [-0.3, -0.25) is 4.79 Å². The van der Waals surface area contributed by atoms with E-state index in [1.165, 1.54) is 0 Å². The summed E-state index contributed by atoms with van der Waals surface area (Å²) >= 11 is 16.6. The van der Waals surface area contributed by atoms with E-state index in [4.69, 9.17) is 39.5 Å². The number of esters is 1. The number of carbonyl (C=O) groups is 1. The van der Waals surface area contributed by atoms with Crippen molar-refractivity contribution in [1.29, 1.82) is 5.26 Å². The van der Waals surface area contributed by atoms with Gasteiger partial charge in [-0.2, -0.15) is 5.26 Å². The molecule has 1 saturated heterocycles. The zero-order chi connectivity index (χ0) is 17.6. The Morgan fingerprint density at radius 3 is 2.42 bits per heavy atom. The molecule has 0 spiro atoms. The molecule has 0 amide bonds. The van der Waals surface area contributed by atoms with Crippen molar-refractivity contribution >= 4 is 40.8 Å². The fourth-order valence-corrected chi connectivity index (χ4v) is 3.03. The van der Waals surface area contributed by atoms with Gasteiger partial charge < -0.3 is 9.64 Å². The van der Waals surface area contributed by atoms with Crippen LogP contribution in [0, 0.1) is 11.3 Å². The van der Waals surface area contributed by atoms with Gasteiger partial charge in [0.05, 0.1) is 17.9 Å². The highest BCUT2D eigenvalue weighted by molar-refractivity contribution is 6.67. The maximum absolute atomic E-state index is 11.7. The number of carbonyl (C=O) groups excluding carboxylic acids is 1. The van der Waals surface area contributed by atoms with Gasteiger partial charge in [-0.25, -0.2) is 0 Å². The molecule has 0 aromatic heterocycles. The Morgan fingerprint density at radius 1 is 1.25 bits per heavy atom. The number of alkyl halides is 3. The van der Waals surface area contributed by atoms with Crippen LogP contribution in [0.15, 0.2) is 30.3 Å². The Morgan fingerprint density at radius 2 is 1.88 bits per heavy atom. The van der Waals surface area contributed by atoms with Gasteiger partial charge in [-0.15, -0.1) is 0 Å². The molecule has 7 heteroatoms. The summed E-state index contributed by atoms with van der Waals surface area (Å²) in [6.45, 7) is 1.86. The summed E-state index contributed by atoms with van der Waals surface area (Å²) in [5.41, 5.74) is 0.627. The Kier molecular flexibility index (Phi) is 6.77. The second-order valence-electron chi connectivity index (χ2n) is 5.93. The molecule has 1 aliphatic rings. The third kappa shape index (κ3) is 5.53. The minimum Gasteiger partial charge on any atom is -0.461 e. The lowest BCUT2D eigenvalue weighted by Crippen LogP contribution is -2.42. The maximum atomic E-state index is 11.7. The monoisotopic (exact) mass is 388 g/mol. The Labute approximate surface area is 157 Å². The number of nitriles is 1. The molecule has 1 aliphatic heterocycles. The average Bonchev–Trinajstić information content (AvgIpc) is 2.59. The largest absolute Gasteiger partial charge is 0.461 e. The molecule has 1 aromatic carbocycles. The summed E-state index contributed by atoms with van der Waals surface area (Å²) in [5, 5.41) is 9.67. The fraction of sp³-hybridized carbons (Fsp3) is 0.529. The number of rotatable bonds is 5. The Bertz CT molecular complexity index is 588. The van der Waals surface area contributed by atoms with Crippen LogP contribution in [-0.2, 0) is 14.9 Å². The van der Waals surface area contributed by atoms with E-state index < -0.39 is 9.21 Å². The lowest BCUT2D eigenvalue weighted by molar-refractivity contribution is -0.143. The molecule has 4 nitrogen and oxygen atoms in total. The highest BCUT2D eigenvalue weighted by Crippen LogP contribution is 2.34. The van der Waals surface area contributed by atoms with E-state index in [-0.39, 0.29) is 19.0 Å². The number of hydrogen-bond donors (Lipinski definition) is 0. The second-order valence-corrected chi connectivity index (χ2v) is 8.44. The van der Waals surface area contributed by atoms with Crippen LogP contribution >= 0.6 is 34.8 Å². The van der Waals surface area contributed by atoms with Crippen LogP contribution in [-0.4, -0.2) is 40.9 Å². The van der Waals surface area contributed by atoms with E-state index in [9.17, 15) is 10.1 Å². The average molecular weight is 390 g/mol. The van der Waals surface area contributed by atoms with Crippen molar-refractivity contribution in [3.05, 3.63) is 35.9 Å². The van der Waals surface area contributed by atoms with Crippen molar-refractivity contribution in [2.45, 2.75) is 28.5 Å². The van der Waals surface area contributed by atoms with Gasteiger partial charge in [0.1, 0.15) is 6.61 Å². The Hall–Kier alpha value is -0.990. The third-order valence-corrected chi connectivity index (χ3v) is 4.61. The molecule has 130 valence electrons. The number of benzene rings is 1. The van der Waals surface area contributed by atoms with E-state index in [1.54, 1.807) is 0 Å². The summed E-state index contributed by atoms with van der Waals surface area (Å²) < 4.78 is 3.33. The van der Waals surface area contributed by atoms with Gasteiger partial charge in [-0.1, -0.05) is 65.1 Å². The predicted octanol–water partition coefficient (Wildman–Crippen LogP) is 3.85. The topological polar surface area (TPSA) is 53.3 Å². The van der Waals surface area contributed by atoms with Crippen molar-refractivity contribution in [1.82, 2.24) is 4.90 Å². The van der Waals surface area contributed by atoms with Crippen LogP contribution in [0.1, 0.15) is 24.8 Å². The van der Waals surface area contributed by atoms with Gasteiger partial charge >= 0.3 is 5.97 Å². The first-order chi connectivity index (χ1) is 11.3. The van der Waals surface area contributed by atoms with Crippen molar-refractivity contribution in [2.24, 2.45) is 0 Å². The van der Waals surface area contributed by atoms with Crippen LogP contribution < -0.4 is 0 Å². The number of ether oxygens (including phenoxy) is 1. The minimum atomic E-state index is -1.58. The fourth-order valence-electron chi connectivity index (χ4n) is 2.86. The highest BCUT2D eigenvalue weighted by Gasteiger charge is 2.36. The smallest absolute Gasteiger partial charge is 0.307 e. The van der Waals surface area contributed by atoms with Crippen molar-refractivity contribution in [3.8, 4) is 6.07 Å². The molecule has 0 atom stereocenters. The van der Waals surface area contributed by atoms with E-state index in [1.807, 2.05) is 30.3 Å². The van der Waals surface area contributed by atoms with Gasteiger partial charge in [0, 0.05) is 6.54 Å². The van der Waals surface area contributed by atoms with Crippen LogP contribution in [0.4, 0.5) is 0 Å². The molecule has 0 saturated carbocycles. The van der Waals surface area contributed by atoms with Crippen molar-refractivity contribution in [2.75, 3.05) is 26.2 Å². The zero-order valence-corrected chi connectivity index (χ0v) is 15.4. The highest BCUT2D eigenvalue weighted by atomic mass is 35.6. The molecule has 0 N–H and O–H groups in total. The molecular formula is C17H19Cl3N2O2. The van der Waals surface area contributed by atoms with Crippen LogP contribution in [0.3, 0.4) is 0 Å². The number of hydrogen-bond acceptors (Lipinski definition) is 4. The van der Waals surface area contributed by atoms with Crippen LogP contribution in [0.2, 0.25) is 0 Å². The SMILES string of the molecule is N#CC1(c2ccccc2)CCN(CCC(=O)OCC(Cl)(Cl)Cl)CC1. The molecule has 24 heavy (non-hydrogen) atoms. The first kappa shape index (κ1) is 19.3. The summed E-state index contributed by atoms with van der Waals surface area (Å²) in [7, 11) is 0. The summed E-state index contributed by atoms with van der Waals surface area (Å²) in [6, 6.07) is 12.4. The number of halogens is 3. The third-order valence-electron chi connectivity index (χ3n) is 4.28. The standard InChI is InChI=1S/C17H19Cl3N2O2/c18-17(19,20)13-24-15(23)6-9-22-10-7-16(12-21,8-11-22)14-4-2-1-3-5-14/h1-5H,6-11,13H2. The molecule has 0 radical (unpaired) electrons. The normalized spacial score (nSPS) is 17.9. The van der Waals surface area contributed by atoms with E-state index in [0.29, 0.717) is 6.54 Å². The lowest BCUT2D eigenvalue weighted by Gasteiger charge is -2.37. The quantitative estimate of drug-likeness (QED) is 0.567. The van der Waals surface area contributed by atoms with Crippen LogP contribution in [0.25, 0.3) is 0 Å². The lowest BCUT2D eigenvalue weighted by atomic mass is 9.74.